The summed E-state index contributed by atoms with van der Waals surface area (Å²) in [6.07, 6.45) is 4.33. The van der Waals surface area contributed by atoms with Crippen LogP contribution in [-0.2, 0) is 5.41 Å². The monoisotopic (exact) mass is 306 g/mol. The highest BCUT2D eigenvalue weighted by Crippen LogP contribution is 2.49. The Balaban J connectivity index is 1.80. The number of amides is 2. The first-order valence-corrected chi connectivity index (χ1v) is 8.43. The molecule has 1 aromatic heterocycles. The Morgan fingerprint density at radius 2 is 2.36 bits per heavy atom. The first-order valence-electron chi connectivity index (χ1n) is 8.43. The van der Waals surface area contributed by atoms with Crippen molar-refractivity contribution in [3.63, 3.8) is 0 Å². The van der Waals surface area contributed by atoms with Crippen molar-refractivity contribution in [2.75, 3.05) is 19.6 Å². The molecule has 1 saturated carbocycles. The third kappa shape index (κ3) is 2.48. The minimum Gasteiger partial charge on any atom is -0.339 e. The van der Waals surface area contributed by atoms with Crippen molar-refractivity contribution in [3.05, 3.63) is 11.7 Å². The molecule has 0 aromatic carbocycles. The SMILES string of the molecule is CCCNC(=O)N1CC2CCCC2(c2noc(C(C)C)n2)C1. The molecule has 2 heterocycles. The molecule has 1 aromatic rings. The molecule has 6 nitrogen and oxygen atoms in total. The van der Waals surface area contributed by atoms with Gasteiger partial charge in [-0.1, -0.05) is 32.3 Å². The van der Waals surface area contributed by atoms with Crippen LogP contribution < -0.4 is 5.32 Å². The molecule has 0 radical (unpaired) electrons. The Hall–Kier alpha value is -1.59. The van der Waals surface area contributed by atoms with Crippen LogP contribution in [0.1, 0.15) is 64.1 Å². The normalized spacial score (nSPS) is 27.5. The number of fused-ring (bicyclic) bond motifs is 1. The Labute approximate surface area is 131 Å². The van der Waals surface area contributed by atoms with Crippen LogP contribution in [0.5, 0.6) is 0 Å². The number of nitrogens with zero attached hydrogens (tertiary/aromatic N) is 3. The molecule has 2 amide bonds. The van der Waals surface area contributed by atoms with Crippen molar-refractivity contribution in [3.8, 4) is 0 Å². The van der Waals surface area contributed by atoms with Gasteiger partial charge in [0.2, 0.25) is 5.89 Å². The molecule has 6 heteroatoms. The highest BCUT2D eigenvalue weighted by Gasteiger charge is 2.54. The second kappa shape index (κ2) is 5.89. The molecular weight excluding hydrogens is 280 g/mol. The summed E-state index contributed by atoms with van der Waals surface area (Å²) in [4.78, 5) is 18.9. The number of carbonyl (C=O) groups is 1. The van der Waals surface area contributed by atoms with Gasteiger partial charge in [-0.15, -0.1) is 0 Å². The van der Waals surface area contributed by atoms with Gasteiger partial charge in [0.15, 0.2) is 5.82 Å². The molecular formula is C16H26N4O2. The lowest BCUT2D eigenvalue weighted by Crippen LogP contribution is -2.41. The smallest absolute Gasteiger partial charge is 0.317 e. The van der Waals surface area contributed by atoms with E-state index in [1.807, 2.05) is 4.90 Å². The summed E-state index contributed by atoms with van der Waals surface area (Å²) in [6.45, 7) is 8.42. The molecule has 122 valence electrons. The number of hydrogen-bond donors (Lipinski definition) is 1. The number of hydrogen-bond acceptors (Lipinski definition) is 4. The zero-order valence-corrected chi connectivity index (χ0v) is 13.8. The van der Waals surface area contributed by atoms with Gasteiger partial charge in [0.1, 0.15) is 0 Å². The van der Waals surface area contributed by atoms with E-state index in [1.165, 1.54) is 6.42 Å². The largest absolute Gasteiger partial charge is 0.339 e. The molecule has 1 N–H and O–H groups in total. The summed E-state index contributed by atoms with van der Waals surface area (Å²) in [6, 6.07) is 0.0446. The van der Waals surface area contributed by atoms with E-state index in [-0.39, 0.29) is 17.4 Å². The minimum absolute atomic E-state index is 0.0446. The van der Waals surface area contributed by atoms with Crippen molar-refractivity contribution < 1.29 is 9.32 Å². The Kier molecular flexibility index (Phi) is 4.10. The summed E-state index contributed by atoms with van der Waals surface area (Å²) >= 11 is 0. The van der Waals surface area contributed by atoms with Gasteiger partial charge in [0.05, 0.1) is 5.41 Å². The van der Waals surface area contributed by atoms with E-state index < -0.39 is 0 Å². The van der Waals surface area contributed by atoms with Gasteiger partial charge < -0.3 is 14.7 Å². The summed E-state index contributed by atoms with van der Waals surface area (Å²) in [5.74, 6) is 2.20. The summed E-state index contributed by atoms with van der Waals surface area (Å²) in [5, 5.41) is 7.24. The maximum atomic E-state index is 12.3. The number of rotatable bonds is 4. The summed E-state index contributed by atoms with van der Waals surface area (Å²) in [7, 11) is 0. The fourth-order valence-corrected chi connectivity index (χ4v) is 3.83. The number of aromatic nitrogens is 2. The maximum absolute atomic E-state index is 12.3. The second-order valence-corrected chi connectivity index (χ2v) is 6.97. The van der Waals surface area contributed by atoms with Crippen LogP contribution in [0.3, 0.4) is 0 Å². The molecule has 22 heavy (non-hydrogen) atoms. The molecule has 1 aliphatic carbocycles. The van der Waals surface area contributed by atoms with E-state index in [0.717, 1.165) is 38.2 Å². The predicted molar refractivity (Wildman–Crippen MR) is 82.7 cm³/mol. The Morgan fingerprint density at radius 3 is 3.05 bits per heavy atom. The van der Waals surface area contributed by atoms with Gasteiger partial charge in [0, 0.05) is 25.6 Å². The molecule has 3 rings (SSSR count). The molecule has 2 atom stereocenters. The van der Waals surface area contributed by atoms with Crippen molar-refractivity contribution in [1.29, 1.82) is 0 Å². The average Bonchev–Trinajstić information content (AvgIpc) is 3.16. The van der Waals surface area contributed by atoms with Crippen LogP contribution in [-0.4, -0.2) is 40.7 Å². The topological polar surface area (TPSA) is 71.3 Å². The fraction of sp³-hybridized carbons (Fsp3) is 0.812. The highest BCUT2D eigenvalue weighted by molar-refractivity contribution is 5.74. The number of carbonyl (C=O) groups excluding carboxylic acids is 1. The fourth-order valence-electron chi connectivity index (χ4n) is 3.83. The van der Waals surface area contributed by atoms with Gasteiger partial charge in [-0.05, 0) is 25.2 Å². The zero-order valence-electron chi connectivity index (χ0n) is 13.8. The van der Waals surface area contributed by atoms with Crippen LogP contribution in [0, 0.1) is 5.92 Å². The van der Waals surface area contributed by atoms with E-state index in [0.29, 0.717) is 18.4 Å². The third-order valence-corrected chi connectivity index (χ3v) is 5.07. The first kappa shape index (κ1) is 15.3. The van der Waals surface area contributed by atoms with E-state index >= 15 is 0 Å². The highest BCUT2D eigenvalue weighted by atomic mass is 16.5. The van der Waals surface area contributed by atoms with E-state index in [9.17, 15) is 4.79 Å². The second-order valence-electron chi connectivity index (χ2n) is 6.97. The summed E-state index contributed by atoms with van der Waals surface area (Å²) in [5.41, 5.74) is -0.0970. The third-order valence-electron chi connectivity index (χ3n) is 5.07. The Morgan fingerprint density at radius 1 is 1.55 bits per heavy atom. The van der Waals surface area contributed by atoms with Crippen molar-refractivity contribution in [2.24, 2.45) is 5.92 Å². The zero-order chi connectivity index (χ0) is 15.7. The van der Waals surface area contributed by atoms with Gasteiger partial charge in [0.25, 0.3) is 0 Å². The number of likely N-dealkylation sites (tertiary alicyclic amines) is 1. The first-order chi connectivity index (χ1) is 10.6. The van der Waals surface area contributed by atoms with Crippen LogP contribution in [0.15, 0.2) is 4.52 Å². The maximum Gasteiger partial charge on any atom is 0.317 e. The lowest BCUT2D eigenvalue weighted by molar-refractivity contribution is 0.203. The predicted octanol–water partition coefficient (Wildman–Crippen LogP) is 2.67. The Bertz CT molecular complexity index is 542. The molecule has 1 saturated heterocycles. The van der Waals surface area contributed by atoms with Crippen LogP contribution >= 0.6 is 0 Å². The van der Waals surface area contributed by atoms with E-state index in [4.69, 9.17) is 4.52 Å². The molecule has 2 fully saturated rings. The van der Waals surface area contributed by atoms with Gasteiger partial charge in [-0.25, -0.2) is 4.79 Å². The number of urea groups is 1. The molecule has 2 aliphatic rings. The van der Waals surface area contributed by atoms with Gasteiger partial charge >= 0.3 is 6.03 Å². The van der Waals surface area contributed by atoms with Crippen molar-refractivity contribution >= 4 is 6.03 Å². The average molecular weight is 306 g/mol. The van der Waals surface area contributed by atoms with E-state index in [2.05, 4.69) is 36.2 Å². The summed E-state index contributed by atoms with van der Waals surface area (Å²) < 4.78 is 5.42. The number of nitrogens with one attached hydrogen (secondary N) is 1. The quantitative estimate of drug-likeness (QED) is 0.928. The van der Waals surface area contributed by atoms with Crippen LogP contribution in [0.2, 0.25) is 0 Å². The van der Waals surface area contributed by atoms with E-state index in [1.54, 1.807) is 0 Å². The molecule has 1 aliphatic heterocycles. The lowest BCUT2D eigenvalue weighted by atomic mass is 9.80. The molecule has 0 bridgehead atoms. The van der Waals surface area contributed by atoms with Crippen molar-refractivity contribution in [1.82, 2.24) is 20.4 Å². The lowest BCUT2D eigenvalue weighted by Gasteiger charge is -2.24. The molecule has 2 unspecified atom stereocenters. The standard InChI is InChI=1S/C16H26N4O2/c1-4-8-17-15(21)20-9-12-6-5-7-16(12,10-20)14-18-13(11(2)3)22-19-14/h11-12H,4-10H2,1-3H3,(H,17,21). The van der Waals surface area contributed by atoms with Gasteiger partial charge in [-0.3, -0.25) is 0 Å². The van der Waals surface area contributed by atoms with Crippen molar-refractivity contribution in [2.45, 2.75) is 57.8 Å². The molecule has 0 spiro atoms. The van der Waals surface area contributed by atoms with Crippen LogP contribution in [0.4, 0.5) is 4.79 Å². The minimum atomic E-state index is -0.0970. The van der Waals surface area contributed by atoms with Gasteiger partial charge in [-0.2, -0.15) is 4.98 Å². The van der Waals surface area contributed by atoms with Crippen LogP contribution in [0.25, 0.3) is 0 Å².